The molecular weight excluding hydrogens is 516 g/mol. The van der Waals surface area contributed by atoms with Crippen LogP contribution in [0.5, 0.6) is 5.75 Å². The largest absolute Gasteiger partial charge is 0.482 e. The van der Waals surface area contributed by atoms with Crippen molar-refractivity contribution in [1.82, 2.24) is 14.8 Å². The van der Waals surface area contributed by atoms with Gasteiger partial charge in [0, 0.05) is 25.8 Å². The number of morpholine rings is 1. The van der Waals surface area contributed by atoms with Crippen molar-refractivity contribution in [2.45, 2.75) is 18.1 Å². The van der Waals surface area contributed by atoms with Gasteiger partial charge >= 0.3 is 0 Å². The number of benzene rings is 2. The molecule has 194 valence electrons. The molecule has 1 fully saturated rings. The van der Waals surface area contributed by atoms with Crippen molar-refractivity contribution < 1.29 is 19.1 Å². The molecule has 1 saturated heterocycles. The van der Waals surface area contributed by atoms with Gasteiger partial charge in [0.2, 0.25) is 5.91 Å². The van der Waals surface area contributed by atoms with E-state index in [0.29, 0.717) is 46.3 Å². The number of amides is 2. The van der Waals surface area contributed by atoms with Crippen LogP contribution in [0.15, 0.2) is 47.6 Å². The zero-order valence-corrected chi connectivity index (χ0v) is 22.1. The number of nitrogens with zero attached hydrogens (tertiary/aromatic N) is 5. The molecule has 3 aromatic rings. The highest BCUT2D eigenvalue weighted by Gasteiger charge is 2.32. The van der Waals surface area contributed by atoms with Gasteiger partial charge in [-0.2, -0.15) is 0 Å². The maximum Gasteiger partial charge on any atom is 0.265 e. The Morgan fingerprint density at radius 1 is 1.16 bits per heavy atom. The van der Waals surface area contributed by atoms with E-state index in [4.69, 9.17) is 21.1 Å². The number of thioether (sulfide) groups is 1. The number of aromatic nitrogens is 3. The van der Waals surface area contributed by atoms with E-state index in [1.807, 2.05) is 54.9 Å². The lowest BCUT2D eigenvalue weighted by atomic mass is 10.1. The summed E-state index contributed by atoms with van der Waals surface area (Å²) in [6.07, 6.45) is 0. The number of fused-ring (bicyclic) bond motifs is 1. The summed E-state index contributed by atoms with van der Waals surface area (Å²) in [6, 6.07) is 12.6. The van der Waals surface area contributed by atoms with Gasteiger partial charge in [-0.3, -0.25) is 14.5 Å². The second-order valence-corrected chi connectivity index (χ2v) is 10.0. The fourth-order valence-electron chi connectivity index (χ4n) is 4.45. The van der Waals surface area contributed by atoms with Gasteiger partial charge in [-0.25, -0.2) is 0 Å². The van der Waals surface area contributed by atoms with Crippen molar-refractivity contribution >= 4 is 52.2 Å². The predicted octanol–water partition coefficient (Wildman–Crippen LogP) is 3.52. The van der Waals surface area contributed by atoms with Crippen LogP contribution in [-0.4, -0.2) is 65.2 Å². The topological polar surface area (TPSA) is 102 Å². The standard InChI is InChI=1S/C25H27ClN6O4S/c1-16(32-20-5-3-4-6-21(20)36-14-23(32)34)24-28-29-25(30(24)2)37-15-22(33)27-17-7-8-19(18(26)13-17)31-9-11-35-12-10-31/h3-8,13,16H,9-12,14-15H2,1-2H3,(H,27,33)/t16-/m0/s1. The van der Waals surface area contributed by atoms with Gasteiger partial charge in [0.15, 0.2) is 17.6 Å². The number of carbonyl (C=O) groups is 2. The summed E-state index contributed by atoms with van der Waals surface area (Å²) in [7, 11) is 1.83. The average molecular weight is 543 g/mol. The Hall–Kier alpha value is -3.28. The van der Waals surface area contributed by atoms with Crippen LogP contribution in [0.25, 0.3) is 0 Å². The van der Waals surface area contributed by atoms with E-state index in [1.165, 1.54) is 11.8 Å². The van der Waals surface area contributed by atoms with Crippen LogP contribution in [0.3, 0.4) is 0 Å². The minimum Gasteiger partial charge on any atom is -0.482 e. The summed E-state index contributed by atoms with van der Waals surface area (Å²) >= 11 is 7.75. The Morgan fingerprint density at radius 2 is 1.95 bits per heavy atom. The smallest absolute Gasteiger partial charge is 0.265 e. The minimum atomic E-state index is -0.370. The summed E-state index contributed by atoms with van der Waals surface area (Å²) in [5.41, 5.74) is 2.25. The van der Waals surface area contributed by atoms with Crippen molar-refractivity contribution in [3.8, 4) is 5.75 Å². The van der Waals surface area contributed by atoms with Gasteiger partial charge in [0.05, 0.1) is 41.4 Å². The first-order valence-corrected chi connectivity index (χ1v) is 13.3. The summed E-state index contributed by atoms with van der Waals surface area (Å²) in [6.45, 7) is 4.78. The number of anilines is 3. The highest BCUT2D eigenvalue weighted by molar-refractivity contribution is 7.99. The van der Waals surface area contributed by atoms with E-state index < -0.39 is 0 Å². The lowest BCUT2D eigenvalue weighted by Crippen LogP contribution is -2.41. The molecule has 2 aliphatic rings. The molecule has 2 aromatic carbocycles. The van der Waals surface area contributed by atoms with Crippen molar-refractivity contribution in [2.75, 3.05) is 53.8 Å². The molecule has 0 bridgehead atoms. The van der Waals surface area contributed by atoms with E-state index in [1.54, 1.807) is 11.0 Å². The molecule has 2 aliphatic heterocycles. The van der Waals surface area contributed by atoms with Crippen LogP contribution in [0, 0.1) is 0 Å². The van der Waals surface area contributed by atoms with E-state index in [9.17, 15) is 9.59 Å². The number of hydrogen-bond donors (Lipinski definition) is 1. The maximum atomic E-state index is 12.7. The molecular formula is C25H27ClN6O4S. The second-order valence-electron chi connectivity index (χ2n) is 8.70. The molecule has 0 aliphatic carbocycles. The number of para-hydroxylation sites is 2. The number of halogens is 1. The molecule has 37 heavy (non-hydrogen) atoms. The van der Waals surface area contributed by atoms with Crippen molar-refractivity contribution in [2.24, 2.45) is 7.05 Å². The Labute approximate surface area is 223 Å². The van der Waals surface area contributed by atoms with Gasteiger partial charge in [0.1, 0.15) is 5.75 Å². The van der Waals surface area contributed by atoms with Crippen LogP contribution >= 0.6 is 23.4 Å². The molecule has 10 nitrogen and oxygen atoms in total. The van der Waals surface area contributed by atoms with Gasteiger partial charge in [-0.1, -0.05) is 35.5 Å². The van der Waals surface area contributed by atoms with Gasteiger partial charge in [-0.05, 0) is 37.3 Å². The summed E-state index contributed by atoms with van der Waals surface area (Å²) in [5.74, 6) is 1.07. The first kappa shape index (κ1) is 25.4. The van der Waals surface area contributed by atoms with Gasteiger partial charge < -0.3 is 24.3 Å². The zero-order valence-electron chi connectivity index (χ0n) is 20.5. The zero-order chi connectivity index (χ0) is 25.9. The average Bonchev–Trinajstić information content (AvgIpc) is 3.27. The Morgan fingerprint density at radius 3 is 2.73 bits per heavy atom. The lowest BCUT2D eigenvalue weighted by molar-refractivity contribution is -0.121. The molecule has 2 amide bonds. The Kier molecular flexibility index (Phi) is 7.54. The van der Waals surface area contributed by atoms with Gasteiger partial charge in [0.25, 0.3) is 5.91 Å². The molecule has 1 N–H and O–H groups in total. The number of hydrogen-bond acceptors (Lipinski definition) is 8. The summed E-state index contributed by atoms with van der Waals surface area (Å²) < 4.78 is 12.8. The predicted molar refractivity (Wildman–Crippen MR) is 143 cm³/mol. The lowest BCUT2D eigenvalue weighted by Gasteiger charge is -2.33. The quantitative estimate of drug-likeness (QED) is 0.452. The van der Waals surface area contributed by atoms with Crippen LogP contribution in [0.1, 0.15) is 18.8 Å². The molecule has 12 heteroatoms. The Balaban J connectivity index is 1.21. The van der Waals surface area contributed by atoms with E-state index in [-0.39, 0.29) is 30.2 Å². The van der Waals surface area contributed by atoms with Gasteiger partial charge in [-0.15, -0.1) is 10.2 Å². The van der Waals surface area contributed by atoms with Crippen LogP contribution in [0.4, 0.5) is 17.1 Å². The fraction of sp³-hybridized carbons (Fsp3) is 0.360. The van der Waals surface area contributed by atoms with Crippen LogP contribution < -0.4 is 19.9 Å². The van der Waals surface area contributed by atoms with Crippen LogP contribution in [-0.2, 0) is 21.4 Å². The molecule has 5 rings (SSSR count). The highest BCUT2D eigenvalue weighted by atomic mass is 35.5. The molecule has 3 heterocycles. The first-order chi connectivity index (χ1) is 17.9. The number of rotatable bonds is 7. The van der Waals surface area contributed by atoms with Crippen molar-refractivity contribution in [1.29, 1.82) is 0 Å². The Bertz CT molecular complexity index is 1310. The molecule has 0 spiro atoms. The third kappa shape index (κ3) is 5.39. The van der Waals surface area contributed by atoms with E-state index in [2.05, 4.69) is 20.4 Å². The SMILES string of the molecule is C[C@@H](c1nnc(SCC(=O)Nc2ccc(N3CCOCC3)c(Cl)c2)n1C)N1C(=O)COc2ccccc21. The summed E-state index contributed by atoms with van der Waals surface area (Å²) in [5, 5.41) is 12.6. The van der Waals surface area contributed by atoms with Crippen LogP contribution in [0.2, 0.25) is 5.02 Å². The highest BCUT2D eigenvalue weighted by Crippen LogP contribution is 2.37. The normalized spacial score (nSPS) is 16.2. The van der Waals surface area contributed by atoms with Crippen molar-refractivity contribution in [3.05, 3.63) is 53.3 Å². The van der Waals surface area contributed by atoms with E-state index in [0.717, 1.165) is 18.8 Å². The second kappa shape index (κ2) is 11.0. The molecule has 0 saturated carbocycles. The fourth-order valence-corrected chi connectivity index (χ4v) is 5.47. The minimum absolute atomic E-state index is 0.0293. The maximum absolute atomic E-state index is 12.7. The molecule has 0 radical (unpaired) electrons. The van der Waals surface area contributed by atoms with Crippen molar-refractivity contribution in [3.63, 3.8) is 0 Å². The molecule has 0 unspecified atom stereocenters. The third-order valence-electron chi connectivity index (χ3n) is 6.29. The number of nitrogens with one attached hydrogen (secondary N) is 1. The number of carbonyl (C=O) groups excluding carboxylic acids is 2. The number of ether oxygens (including phenoxy) is 2. The molecule has 1 atom stereocenters. The third-order valence-corrected chi connectivity index (χ3v) is 7.61. The summed E-state index contributed by atoms with van der Waals surface area (Å²) in [4.78, 5) is 29.2. The van der Waals surface area contributed by atoms with E-state index >= 15 is 0 Å². The first-order valence-electron chi connectivity index (χ1n) is 11.9. The monoisotopic (exact) mass is 542 g/mol. The molecule has 1 aromatic heterocycles.